The van der Waals surface area contributed by atoms with Gasteiger partial charge in [-0.15, -0.1) is 0 Å². The summed E-state index contributed by atoms with van der Waals surface area (Å²) in [6, 6.07) is 6.13. The zero-order valence-electron chi connectivity index (χ0n) is 17.1. The van der Waals surface area contributed by atoms with Crippen molar-refractivity contribution in [2.45, 2.75) is 18.6 Å². The molecule has 6 N–H and O–H groups in total. The van der Waals surface area contributed by atoms with Crippen molar-refractivity contribution in [2.24, 2.45) is 10.9 Å². The van der Waals surface area contributed by atoms with E-state index >= 15 is 0 Å². The first-order valence-electron chi connectivity index (χ1n) is 9.35. The van der Waals surface area contributed by atoms with Crippen LogP contribution < -0.4 is 21.8 Å². The number of halogens is 5. The summed E-state index contributed by atoms with van der Waals surface area (Å²) in [5.74, 6) is 1.99. The Balaban J connectivity index is 2.14. The van der Waals surface area contributed by atoms with Gasteiger partial charge in [0.15, 0.2) is 0 Å². The zero-order chi connectivity index (χ0) is 25.5. The standard InChI is InChI=1S/C20H18BrClF3N5O4/c21-13-2-10(3-14(22)6-13)16(7-18(32)33)30-17(31)8-27-19(34)11-1-12(20(23,24)25)5-15(4-11)28-9-29-26/h1-6,9,16H,7-8,26H2,(H,27,34)(H,28,29)(H,30,31)(H,32,33). The molecule has 14 heteroatoms. The highest BCUT2D eigenvalue weighted by atomic mass is 79.9. The normalized spacial score (nSPS) is 12.3. The molecule has 0 aliphatic rings. The fourth-order valence-corrected chi connectivity index (χ4v) is 3.71. The van der Waals surface area contributed by atoms with Crippen molar-refractivity contribution in [1.82, 2.24) is 10.6 Å². The maximum absolute atomic E-state index is 13.2. The van der Waals surface area contributed by atoms with Gasteiger partial charge in [-0.05, 0) is 42.0 Å². The van der Waals surface area contributed by atoms with E-state index in [1.54, 1.807) is 12.1 Å². The predicted octanol–water partition coefficient (Wildman–Crippen LogP) is 3.50. The maximum Gasteiger partial charge on any atom is 0.416 e. The molecule has 0 aliphatic carbocycles. The Labute approximate surface area is 204 Å². The average molecular weight is 565 g/mol. The summed E-state index contributed by atoms with van der Waals surface area (Å²) in [6.45, 7) is -0.625. The van der Waals surface area contributed by atoms with Crippen LogP contribution in [0.15, 0.2) is 46.0 Å². The van der Waals surface area contributed by atoms with Crippen molar-refractivity contribution < 1.29 is 32.7 Å². The highest BCUT2D eigenvalue weighted by Crippen LogP contribution is 2.32. The maximum atomic E-state index is 13.2. The van der Waals surface area contributed by atoms with E-state index in [2.05, 4.69) is 37.0 Å². The van der Waals surface area contributed by atoms with Gasteiger partial charge in [-0.25, -0.2) is 0 Å². The second-order valence-corrected chi connectivity index (χ2v) is 8.17. The lowest BCUT2D eigenvalue weighted by Crippen LogP contribution is -2.39. The third kappa shape index (κ3) is 8.23. The van der Waals surface area contributed by atoms with E-state index in [4.69, 9.17) is 22.6 Å². The van der Waals surface area contributed by atoms with Crippen LogP contribution >= 0.6 is 27.5 Å². The number of carboxylic acids is 1. The monoisotopic (exact) mass is 563 g/mol. The first kappa shape index (κ1) is 26.9. The summed E-state index contributed by atoms with van der Waals surface area (Å²) in [7, 11) is 0. The Morgan fingerprint density at radius 2 is 1.88 bits per heavy atom. The van der Waals surface area contributed by atoms with Gasteiger partial charge in [0.1, 0.15) is 6.34 Å². The van der Waals surface area contributed by atoms with Crippen molar-refractivity contribution in [2.75, 3.05) is 11.9 Å². The summed E-state index contributed by atoms with van der Waals surface area (Å²) >= 11 is 9.21. The largest absolute Gasteiger partial charge is 0.481 e. The van der Waals surface area contributed by atoms with E-state index in [9.17, 15) is 27.6 Å². The van der Waals surface area contributed by atoms with Crippen LogP contribution in [0.4, 0.5) is 18.9 Å². The number of amides is 2. The van der Waals surface area contributed by atoms with Gasteiger partial charge in [-0.2, -0.15) is 18.3 Å². The number of carbonyl (C=O) groups is 3. The summed E-state index contributed by atoms with van der Waals surface area (Å²) < 4.78 is 40.1. The van der Waals surface area contributed by atoms with Gasteiger partial charge >= 0.3 is 12.1 Å². The van der Waals surface area contributed by atoms with Crippen LogP contribution in [0.3, 0.4) is 0 Å². The molecule has 0 aliphatic heterocycles. The first-order chi connectivity index (χ1) is 15.9. The molecule has 182 valence electrons. The van der Waals surface area contributed by atoms with E-state index in [-0.39, 0.29) is 11.3 Å². The van der Waals surface area contributed by atoms with Crippen molar-refractivity contribution >= 4 is 57.3 Å². The van der Waals surface area contributed by atoms with Crippen molar-refractivity contribution in [1.29, 1.82) is 0 Å². The van der Waals surface area contributed by atoms with Crippen molar-refractivity contribution in [3.05, 3.63) is 62.6 Å². The van der Waals surface area contributed by atoms with Gasteiger partial charge in [-0.1, -0.05) is 27.5 Å². The number of nitrogens with two attached hydrogens (primary N) is 1. The molecule has 0 bridgehead atoms. The van der Waals surface area contributed by atoms with Gasteiger partial charge in [-0.3, -0.25) is 14.4 Å². The van der Waals surface area contributed by atoms with E-state index in [1.165, 1.54) is 6.07 Å². The number of anilines is 1. The molecule has 2 amide bonds. The number of benzene rings is 2. The third-order valence-corrected chi connectivity index (χ3v) is 4.92. The SMILES string of the molecule is NN=CNc1cc(C(=O)NCC(=O)NC(CC(=O)O)c2cc(Cl)cc(Br)c2)cc(C(F)(F)F)c1. The highest BCUT2D eigenvalue weighted by molar-refractivity contribution is 9.10. The quantitative estimate of drug-likeness (QED) is 0.136. The summed E-state index contributed by atoms with van der Waals surface area (Å²) in [5, 5.41) is 19.6. The Kier molecular flexibility index (Phi) is 9.27. The third-order valence-electron chi connectivity index (χ3n) is 4.24. The van der Waals surface area contributed by atoms with Crippen molar-refractivity contribution in [3.8, 4) is 0 Å². The average Bonchev–Trinajstić information content (AvgIpc) is 2.73. The summed E-state index contributed by atoms with van der Waals surface area (Å²) in [5.41, 5.74) is -1.19. The second-order valence-electron chi connectivity index (χ2n) is 6.82. The number of hydrazone groups is 1. The van der Waals surface area contributed by atoms with Crippen LogP contribution in [0.2, 0.25) is 5.02 Å². The van der Waals surface area contributed by atoms with E-state index in [1.807, 2.05) is 0 Å². The molecule has 1 unspecified atom stereocenters. The van der Waals surface area contributed by atoms with Crippen LogP contribution in [0.25, 0.3) is 0 Å². The van der Waals surface area contributed by atoms with Gasteiger partial charge in [0.2, 0.25) is 5.91 Å². The minimum atomic E-state index is -4.74. The number of carboxylic acid groups (broad SMARTS) is 1. The van der Waals surface area contributed by atoms with Crippen LogP contribution in [0.1, 0.15) is 33.9 Å². The van der Waals surface area contributed by atoms with Gasteiger partial charge in [0, 0.05) is 20.7 Å². The number of hydrogen-bond acceptors (Lipinski definition) is 5. The molecule has 2 aromatic rings. The molecular weight excluding hydrogens is 547 g/mol. The zero-order valence-corrected chi connectivity index (χ0v) is 19.5. The summed E-state index contributed by atoms with van der Waals surface area (Å²) in [4.78, 5) is 36.0. The van der Waals surface area contributed by atoms with Gasteiger partial charge < -0.3 is 26.9 Å². The van der Waals surface area contributed by atoms with Gasteiger partial charge in [0.05, 0.1) is 24.6 Å². The molecule has 2 aromatic carbocycles. The number of hydrogen-bond donors (Lipinski definition) is 5. The highest BCUT2D eigenvalue weighted by Gasteiger charge is 2.32. The minimum absolute atomic E-state index is 0.105. The molecule has 0 spiro atoms. The number of aliphatic carboxylic acids is 1. The topological polar surface area (TPSA) is 146 Å². The molecule has 0 saturated carbocycles. The second kappa shape index (κ2) is 11.7. The molecule has 34 heavy (non-hydrogen) atoms. The number of alkyl halides is 3. The van der Waals surface area contributed by atoms with Crippen molar-refractivity contribution in [3.63, 3.8) is 0 Å². The lowest BCUT2D eigenvalue weighted by molar-refractivity contribution is -0.138. The number of nitrogens with zero attached hydrogens (tertiary/aromatic N) is 1. The van der Waals surface area contributed by atoms with Crippen LogP contribution in [0.5, 0.6) is 0 Å². The smallest absolute Gasteiger partial charge is 0.416 e. The number of rotatable bonds is 9. The molecule has 0 heterocycles. The first-order valence-corrected chi connectivity index (χ1v) is 10.5. The summed E-state index contributed by atoms with van der Waals surface area (Å²) in [6.07, 6.45) is -4.28. The Hall–Kier alpha value is -3.32. The molecule has 0 aromatic heterocycles. The van der Waals surface area contributed by atoms with E-state index in [0.29, 0.717) is 21.1 Å². The van der Waals surface area contributed by atoms with Gasteiger partial charge in [0.25, 0.3) is 5.91 Å². The van der Waals surface area contributed by atoms with Crippen LogP contribution in [-0.4, -0.2) is 35.8 Å². The number of carbonyl (C=O) groups excluding carboxylic acids is 2. The molecule has 1 atom stereocenters. The van der Waals surface area contributed by atoms with Crippen LogP contribution in [-0.2, 0) is 15.8 Å². The molecule has 9 nitrogen and oxygen atoms in total. The molecular formula is C20H18BrClF3N5O4. The predicted molar refractivity (Wildman–Crippen MR) is 122 cm³/mol. The molecule has 2 rings (SSSR count). The van der Waals surface area contributed by atoms with E-state index in [0.717, 1.165) is 18.5 Å². The fraction of sp³-hybridized carbons (Fsp3) is 0.200. The molecule has 0 fully saturated rings. The molecule has 0 radical (unpaired) electrons. The lowest BCUT2D eigenvalue weighted by atomic mass is 10.0. The Bertz CT molecular complexity index is 1090. The number of nitrogens with one attached hydrogen (secondary N) is 3. The van der Waals surface area contributed by atoms with E-state index < -0.39 is 48.5 Å². The minimum Gasteiger partial charge on any atom is -0.481 e. The Morgan fingerprint density at radius 1 is 1.18 bits per heavy atom. The fourth-order valence-electron chi connectivity index (χ4n) is 2.83. The van der Waals surface area contributed by atoms with Crippen LogP contribution in [0, 0.1) is 0 Å². The molecule has 0 saturated heterocycles. The lowest BCUT2D eigenvalue weighted by Gasteiger charge is -2.18. The Morgan fingerprint density at radius 3 is 2.47 bits per heavy atom.